The molecule has 0 aliphatic heterocycles. The molecule has 5 unspecified atom stereocenters. The van der Waals surface area contributed by atoms with Crippen LogP contribution in [0.1, 0.15) is 12.8 Å². The minimum atomic E-state index is -6.80. The van der Waals surface area contributed by atoms with E-state index in [0.29, 0.717) is 44.1 Å². The number of hydrogen-bond donors (Lipinski definition) is 0. The van der Waals surface area contributed by atoms with Gasteiger partial charge in [-0.25, -0.2) is 34.0 Å². The van der Waals surface area contributed by atoms with Crippen LogP contribution in [0.25, 0.3) is 0 Å². The van der Waals surface area contributed by atoms with Crippen molar-refractivity contribution in [2.24, 2.45) is 16.2 Å². The zero-order valence-electron chi connectivity index (χ0n) is 67.4. The lowest BCUT2D eigenvalue weighted by atomic mass is 9.86. The summed E-state index contributed by atoms with van der Waals surface area (Å²) >= 11 is 0. The molecule has 138 heavy (non-hydrogen) atoms. The van der Waals surface area contributed by atoms with E-state index in [2.05, 4.69) is 14.2 Å². The fraction of sp³-hybridized carbons (Fsp3) is 0.325. The molecule has 762 valence electrons. The Labute approximate surface area is 762 Å². The van der Waals surface area contributed by atoms with Gasteiger partial charge in [0.05, 0.1) is 52.3 Å². The average Bonchev–Trinajstić information content (AvgIpc) is 0.730. The van der Waals surface area contributed by atoms with Gasteiger partial charge in [0.2, 0.25) is 6.17 Å². The summed E-state index contributed by atoms with van der Waals surface area (Å²) in [5.74, 6) is -7.80. The number of halogens is 37. The Morgan fingerprint density at radius 2 is 0.428 bits per heavy atom. The summed E-state index contributed by atoms with van der Waals surface area (Å²) in [4.78, 5) is 4.29. The maximum atomic E-state index is 13.7. The van der Waals surface area contributed by atoms with Crippen molar-refractivity contribution in [1.82, 2.24) is 0 Å². The molecule has 0 saturated carbocycles. The predicted octanol–water partition coefficient (Wildman–Crippen LogP) is 24.1. The maximum absolute atomic E-state index is 13.7. The van der Waals surface area contributed by atoms with E-state index >= 15 is 0 Å². The Hall–Kier alpha value is -10.0. The SMILES string of the molecule is O=S(=O)([O-])C(F)(F)C(F)(F)CCOc1ccc([S+](c2ccccc2)c2ccc(OCC(C(F)(F)F)(C(F)(F)F)C(F)(F)F)cc2)cc1.O=S(=O)([O-])C(F)(F)C(F)CCOc1ccc([S+](c2ccccc2)c2ccc(OCC(C(F)(F)F)(C(F)(F)F)C(F)(F)F)cc2)cc1.O=S(=O)([O-])C(F)(F)C(F)COc1ccc([S+](c2ccccc2)c2ccc(OCC(C(F)(F)F)(C(F)(F)F)C(F)(F)F)cc2)cc1. The molecule has 0 radical (unpaired) electrons. The predicted molar refractivity (Wildman–Crippen MR) is 407 cm³/mol. The zero-order valence-corrected chi connectivity index (χ0v) is 72.3. The first kappa shape index (κ1) is 115. The molecule has 0 spiro atoms. The monoisotopic (exact) mass is 2150 g/mol. The van der Waals surface area contributed by atoms with Crippen molar-refractivity contribution in [3.05, 3.63) is 237 Å². The maximum Gasteiger partial charge on any atom is 0.415 e. The van der Waals surface area contributed by atoms with Gasteiger partial charge in [-0.15, -0.1) is 0 Å². The number of rotatable bonds is 35. The highest BCUT2D eigenvalue weighted by atomic mass is 32.2. The van der Waals surface area contributed by atoms with Crippen molar-refractivity contribution in [2.75, 3.05) is 39.6 Å². The molecule has 9 aromatic carbocycles. The van der Waals surface area contributed by atoms with Crippen LogP contribution in [-0.2, 0) is 63.0 Å². The number of alkyl halides is 37. The largest absolute Gasteiger partial charge is 0.743 e. The molecule has 9 rings (SSSR count). The van der Waals surface area contributed by atoms with Crippen LogP contribution in [0.4, 0.5) is 162 Å². The van der Waals surface area contributed by atoms with Gasteiger partial charge in [-0.1, -0.05) is 54.6 Å². The minimum Gasteiger partial charge on any atom is -0.743 e. The zero-order chi connectivity index (χ0) is 105. The second-order valence-electron chi connectivity index (χ2n) is 27.9. The number of ether oxygens (including phenoxy) is 6. The van der Waals surface area contributed by atoms with Crippen LogP contribution in [0.5, 0.6) is 34.5 Å². The Bertz CT molecular complexity index is 5680. The van der Waals surface area contributed by atoms with Gasteiger partial charge in [0.15, 0.2) is 80.6 Å². The molecule has 58 heteroatoms. The summed E-state index contributed by atoms with van der Waals surface area (Å²) < 4.78 is 615. The van der Waals surface area contributed by atoms with E-state index in [1.807, 2.05) is 0 Å². The third-order valence-electron chi connectivity index (χ3n) is 18.9. The van der Waals surface area contributed by atoms with Gasteiger partial charge < -0.3 is 42.1 Å². The Morgan fingerprint density at radius 3 is 0.630 bits per heavy atom. The lowest BCUT2D eigenvalue weighted by Crippen LogP contribution is -2.62. The van der Waals surface area contributed by atoms with E-state index in [4.69, 9.17) is 14.2 Å². The molecule has 0 aliphatic carbocycles. The topological polar surface area (TPSA) is 227 Å². The fourth-order valence-corrected chi connectivity index (χ4v) is 18.8. The van der Waals surface area contributed by atoms with E-state index in [0.717, 1.165) is 36.4 Å². The van der Waals surface area contributed by atoms with Gasteiger partial charge in [-0.3, -0.25) is 0 Å². The molecule has 0 saturated heterocycles. The summed E-state index contributed by atoms with van der Waals surface area (Å²) in [7, 11) is -22.5. The van der Waals surface area contributed by atoms with Gasteiger partial charge in [0, 0.05) is 6.42 Å². The van der Waals surface area contributed by atoms with Crippen molar-refractivity contribution < 1.29 is 230 Å². The summed E-state index contributed by atoms with van der Waals surface area (Å²) in [6.07, 6.45) is -71.0. The highest BCUT2D eigenvalue weighted by Crippen LogP contribution is 2.63. The third kappa shape index (κ3) is 26.0. The van der Waals surface area contributed by atoms with Crippen molar-refractivity contribution in [3.8, 4) is 34.5 Å². The van der Waals surface area contributed by atoms with Crippen molar-refractivity contribution in [1.29, 1.82) is 0 Å². The Kier molecular flexibility index (Phi) is 35.6. The van der Waals surface area contributed by atoms with Crippen molar-refractivity contribution in [2.45, 2.75) is 147 Å². The lowest BCUT2D eigenvalue weighted by molar-refractivity contribution is -0.433. The summed E-state index contributed by atoms with van der Waals surface area (Å²) in [6, 6.07) is 53.0. The standard InChI is InChI=1S/C27H19F13O5S2.C27H20F12O5S2.C26H18F12O5S2/c28-23(29,27(39,40)47(41,42)43)14-15-44-17-6-10-20(11-7-17)46(19-4-2-1-3-5-19)21-12-8-18(9-13-21)45-16-22(24(30,31)32,25(33,34)35)26(36,37)38;28-22(24(29,30)46(40,41)42)14-15-43-17-6-10-20(11-7-17)45(19-4-2-1-3-5-19)21-12-8-18(9-13-21)44-16-23(25(31,32)33,26(34,35)36)27(37,38)39;27-21(23(28,29)45(39,40)41)14-42-16-6-10-19(11-7-16)44(18-4-2-1-3-5-18)20-12-8-17(9-13-20)43-15-22(24(30,31)32,25(33,34)35)26(36,37)38/h1-13H,14-16H2;1-13,22H,14-16H2;1-13,21H,14-15H2. The highest BCUT2D eigenvalue weighted by Gasteiger charge is 2.87. The second-order valence-corrected chi connectivity index (χ2v) is 38.3. The summed E-state index contributed by atoms with van der Waals surface area (Å²) in [5, 5.41) is -16.3. The quantitative estimate of drug-likeness (QED) is 0.0204. The fourth-order valence-electron chi connectivity index (χ4n) is 11.3. The van der Waals surface area contributed by atoms with Crippen molar-refractivity contribution in [3.63, 3.8) is 0 Å². The molecule has 0 fully saturated rings. The van der Waals surface area contributed by atoms with Gasteiger partial charge >= 0.3 is 77.3 Å². The van der Waals surface area contributed by atoms with Gasteiger partial charge in [-0.2, -0.15) is 154 Å². The average molecular weight is 2150 g/mol. The Morgan fingerprint density at radius 1 is 0.239 bits per heavy atom. The van der Waals surface area contributed by atoms with E-state index in [1.165, 1.54) is 109 Å². The highest BCUT2D eigenvalue weighted by molar-refractivity contribution is 7.97. The van der Waals surface area contributed by atoms with Crippen molar-refractivity contribution >= 4 is 63.0 Å². The molecule has 0 aliphatic rings. The molecule has 0 aromatic heterocycles. The van der Waals surface area contributed by atoms with Gasteiger partial charge in [0.1, 0.15) is 60.9 Å². The normalized spacial score (nSPS) is 14.8. The van der Waals surface area contributed by atoms with E-state index in [9.17, 15) is 201 Å². The van der Waals surface area contributed by atoms with Gasteiger partial charge in [-0.05, 0) is 182 Å². The van der Waals surface area contributed by atoms with Crippen LogP contribution in [0.3, 0.4) is 0 Å². The number of hydrogen-bond acceptors (Lipinski definition) is 15. The van der Waals surface area contributed by atoms with Crippen LogP contribution in [0.15, 0.2) is 281 Å². The number of benzene rings is 9. The van der Waals surface area contributed by atoms with Crippen LogP contribution in [0, 0.1) is 16.2 Å². The van der Waals surface area contributed by atoms with Crippen LogP contribution in [-0.4, -0.2) is 168 Å². The van der Waals surface area contributed by atoms with E-state index < -0.39 is 239 Å². The van der Waals surface area contributed by atoms with Crippen LogP contribution >= 0.6 is 0 Å². The Balaban J connectivity index is 0.000000282. The third-order valence-corrected chi connectivity index (χ3v) is 28.3. The smallest absolute Gasteiger partial charge is 0.415 e. The first-order valence-electron chi connectivity index (χ1n) is 36.9. The molecule has 5 atom stereocenters. The summed E-state index contributed by atoms with van der Waals surface area (Å²) in [5.41, 5.74) is -18.5. The molecule has 0 heterocycles. The van der Waals surface area contributed by atoms with Crippen LogP contribution in [0.2, 0.25) is 0 Å². The lowest BCUT2D eigenvalue weighted by Gasteiger charge is -2.38. The molecular formula is C80H57F37O15S6. The molecule has 0 N–H and O–H groups in total. The second kappa shape index (κ2) is 42.8. The first-order chi connectivity index (χ1) is 62.9. The molecular weight excluding hydrogens is 2100 g/mol. The molecule has 0 amide bonds. The van der Waals surface area contributed by atoms with E-state index in [-0.39, 0.29) is 17.2 Å². The van der Waals surface area contributed by atoms with Gasteiger partial charge in [0.25, 0.3) is 16.2 Å². The van der Waals surface area contributed by atoms with E-state index in [1.54, 1.807) is 91.0 Å². The summed E-state index contributed by atoms with van der Waals surface area (Å²) in [6.45, 7) is -11.9. The molecule has 9 aromatic rings. The molecule has 0 bridgehead atoms. The first-order valence-corrected chi connectivity index (χ1v) is 44.8. The van der Waals surface area contributed by atoms with Crippen LogP contribution < -0.4 is 28.4 Å². The molecule has 15 nitrogen and oxygen atoms in total. The minimum absolute atomic E-state index is 0.0204.